The average molecular weight is 232 g/mol. The van der Waals surface area contributed by atoms with Crippen LogP contribution < -0.4 is 16.8 Å². The summed E-state index contributed by atoms with van der Waals surface area (Å²) in [5, 5.41) is 2.46. The minimum Gasteiger partial charge on any atom is -0.383 e. The van der Waals surface area contributed by atoms with Gasteiger partial charge in [0.15, 0.2) is 5.69 Å². The molecular weight excluding hydrogens is 222 g/mol. The third kappa shape index (κ3) is 2.38. The van der Waals surface area contributed by atoms with Gasteiger partial charge in [-0.15, -0.1) is 11.6 Å². The number of nitrogen functional groups attached to an aromatic ring is 1. The Morgan fingerprint density at radius 2 is 2.27 bits per heavy atom. The predicted molar refractivity (Wildman–Crippen MR) is 54.7 cm³/mol. The van der Waals surface area contributed by atoms with E-state index in [0.717, 1.165) is 10.9 Å². The van der Waals surface area contributed by atoms with Crippen LogP contribution in [0.3, 0.4) is 0 Å². The van der Waals surface area contributed by atoms with Gasteiger partial charge in [-0.25, -0.2) is 14.3 Å². The van der Waals surface area contributed by atoms with Crippen LogP contribution in [0.5, 0.6) is 0 Å². The number of alkyl halides is 1. The second-order valence-electron chi connectivity index (χ2n) is 2.63. The standard InChI is InChI=1S/C7H10ClN5O2/c8-1-2-11-7(15)13-3-12-4(5(13)9)6(10)14/h3H,1-2,9H2,(H2,10,14)(H,11,15). The Morgan fingerprint density at radius 3 is 2.73 bits per heavy atom. The number of nitrogens with one attached hydrogen (secondary N) is 1. The summed E-state index contributed by atoms with van der Waals surface area (Å²) in [4.78, 5) is 25.8. The van der Waals surface area contributed by atoms with Crippen molar-refractivity contribution >= 4 is 29.4 Å². The van der Waals surface area contributed by atoms with Crippen LogP contribution in [-0.2, 0) is 0 Å². The highest BCUT2D eigenvalue weighted by molar-refractivity contribution is 6.18. The van der Waals surface area contributed by atoms with Crippen molar-refractivity contribution in [1.29, 1.82) is 0 Å². The van der Waals surface area contributed by atoms with E-state index in [1.54, 1.807) is 0 Å². The van der Waals surface area contributed by atoms with Gasteiger partial charge in [-0.1, -0.05) is 0 Å². The molecule has 0 radical (unpaired) electrons. The van der Waals surface area contributed by atoms with Crippen molar-refractivity contribution in [2.45, 2.75) is 0 Å². The summed E-state index contributed by atoms with van der Waals surface area (Å²) < 4.78 is 0.993. The van der Waals surface area contributed by atoms with Gasteiger partial charge in [0.2, 0.25) is 0 Å². The summed E-state index contributed by atoms with van der Waals surface area (Å²) in [5.74, 6) is -0.589. The number of hydrogen-bond acceptors (Lipinski definition) is 4. The number of nitrogens with two attached hydrogens (primary N) is 2. The Morgan fingerprint density at radius 1 is 1.60 bits per heavy atom. The molecule has 0 fully saturated rings. The van der Waals surface area contributed by atoms with Crippen molar-refractivity contribution in [3.8, 4) is 0 Å². The van der Waals surface area contributed by atoms with Crippen molar-refractivity contribution in [3.63, 3.8) is 0 Å². The molecule has 7 nitrogen and oxygen atoms in total. The number of aromatic nitrogens is 2. The molecule has 1 rings (SSSR count). The molecule has 0 spiro atoms. The van der Waals surface area contributed by atoms with Crippen molar-refractivity contribution < 1.29 is 9.59 Å². The first-order valence-corrected chi connectivity index (χ1v) is 4.58. The highest BCUT2D eigenvalue weighted by Crippen LogP contribution is 2.08. The first-order valence-electron chi connectivity index (χ1n) is 4.04. The van der Waals surface area contributed by atoms with Crippen LogP contribution >= 0.6 is 11.6 Å². The van der Waals surface area contributed by atoms with E-state index in [0.29, 0.717) is 6.54 Å². The Kier molecular flexibility index (Phi) is 3.51. The zero-order valence-corrected chi connectivity index (χ0v) is 8.49. The molecule has 1 aromatic heterocycles. The Balaban J connectivity index is 2.86. The topological polar surface area (TPSA) is 116 Å². The number of rotatable bonds is 3. The lowest BCUT2D eigenvalue weighted by Gasteiger charge is -2.04. The molecule has 0 aliphatic carbocycles. The predicted octanol–water partition coefficient (Wildman–Crippen LogP) is -0.639. The van der Waals surface area contributed by atoms with Crippen LogP contribution in [0.15, 0.2) is 6.33 Å². The van der Waals surface area contributed by atoms with Crippen molar-refractivity contribution in [2.75, 3.05) is 18.2 Å². The van der Waals surface area contributed by atoms with Crippen LogP contribution in [0, 0.1) is 0 Å². The fourth-order valence-corrected chi connectivity index (χ4v) is 1.04. The minimum atomic E-state index is -0.781. The zero-order valence-electron chi connectivity index (χ0n) is 7.74. The summed E-state index contributed by atoms with van der Waals surface area (Å²) in [6.07, 6.45) is 1.12. The third-order valence-electron chi connectivity index (χ3n) is 1.63. The van der Waals surface area contributed by atoms with Gasteiger partial charge >= 0.3 is 6.03 Å². The molecule has 8 heteroatoms. The summed E-state index contributed by atoms with van der Waals surface area (Å²) >= 11 is 5.38. The minimum absolute atomic E-state index is 0.0884. The van der Waals surface area contributed by atoms with Gasteiger partial charge in [0.1, 0.15) is 12.1 Å². The number of anilines is 1. The van der Waals surface area contributed by atoms with E-state index in [2.05, 4.69) is 10.3 Å². The van der Waals surface area contributed by atoms with Gasteiger partial charge in [0.25, 0.3) is 5.91 Å². The second kappa shape index (κ2) is 4.65. The Hall–Kier alpha value is -1.76. The number of nitrogens with zero attached hydrogens (tertiary/aromatic N) is 2. The van der Waals surface area contributed by atoms with E-state index >= 15 is 0 Å². The van der Waals surface area contributed by atoms with Crippen LogP contribution in [0.4, 0.5) is 10.6 Å². The maximum atomic E-state index is 11.4. The van der Waals surface area contributed by atoms with E-state index in [1.807, 2.05) is 0 Å². The van der Waals surface area contributed by atoms with Crippen LogP contribution in [0.2, 0.25) is 0 Å². The number of imidazole rings is 1. The second-order valence-corrected chi connectivity index (χ2v) is 3.01. The molecule has 0 atom stereocenters. The molecule has 0 unspecified atom stereocenters. The van der Waals surface area contributed by atoms with E-state index in [4.69, 9.17) is 23.1 Å². The molecule has 15 heavy (non-hydrogen) atoms. The third-order valence-corrected chi connectivity index (χ3v) is 1.82. The SMILES string of the molecule is NC(=O)c1ncn(C(=O)NCCCl)c1N. The molecule has 0 aliphatic heterocycles. The van der Waals surface area contributed by atoms with Gasteiger partial charge in [-0.2, -0.15) is 0 Å². The molecule has 0 bridgehead atoms. The molecule has 5 N–H and O–H groups in total. The first kappa shape index (κ1) is 11.3. The average Bonchev–Trinajstić information content (AvgIpc) is 2.56. The lowest BCUT2D eigenvalue weighted by atomic mass is 10.4. The number of amides is 2. The van der Waals surface area contributed by atoms with Gasteiger partial charge in [0, 0.05) is 12.4 Å². The fraction of sp³-hybridized carbons (Fsp3) is 0.286. The normalized spacial score (nSPS) is 9.93. The Labute approximate surface area is 90.4 Å². The van der Waals surface area contributed by atoms with Crippen molar-refractivity contribution in [3.05, 3.63) is 12.0 Å². The van der Waals surface area contributed by atoms with E-state index < -0.39 is 11.9 Å². The number of hydrogen-bond donors (Lipinski definition) is 3. The fourth-order valence-electron chi connectivity index (χ4n) is 0.949. The molecule has 2 amide bonds. The maximum Gasteiger partial charge on any atom is 0.328 e. The maximum absolute atomic E-state index is 11.4. The molecule has 1 heterocycles. The van der Waals surface area contributed by atoms with Gasteiger partial charge in [0.05, 0.1) is 0 Å². The van der Waals surface area contributed by atoms with E-state index in [9.17, 15) is 9.59 Å². The monoisotopic (exact) mass is 231 g/mol. The van der Waals surface area contributed by atoms with Crippen LogP contribution in [-0.4, -0.2) is 33.9 Å². The Bertz CT molecular complexity index is 389. The highest BCUT2D eigenvalue weighted by Gasteiger charge is 2.16. The molecule has 1 aromatic rings. The summed E-state index contributed by atoms with van der Waals surface area (Å²) in [6.45, 7) is 0.296. The van der Waals surface area contributed by atoms with E-state index in [-0.39, 0.29) is 17.4 Å². The van der Waals surface area contributed by atoms with Gasteiger partial charge in [-0.3, -0.25) is 4.79 Å². The van der Waals surface area contributed by atoms with Crippen molar-refractivity contribution in [2.24, 2.45) is 5.73 Å². The molecular formula is C7H10ClN5O2. The zero-order chi connectivity index (χ0) is 11.4. The molecule has 0 saturated carbocycles. The number of carbonyl (C=O) groups is 2. The smallest absolute Gasteiger partial charge is 0.328 e. The lowest BCUT2D eigenvalue weighted by Crippen LogP contribution is -2.30. The first-order chi connectivity index (χ1) is 7.07. The molecule has 0 saturated heterocycles. The van der Waals surface area contributed by atoms with Gasteiger partial charge < -0.3 is 16.8 Å². The number of carbonyl (C=O) groups excluding carboxylic acids is 2. The highest BCUT2D eigenvalue weighted by atomic mass is 35.5. The number of halogens is 1. The summed E-state index contributed by atoms with van der Waals surface area (Å²) in [6, 6.07) is -0.506. The largest absolute Gasteiger partial charge is 0.383 e. The number of primary amides is 1. The van der Waals surface area contributed by atoms with Crippen LogP contribution in [0.1, 0.15) is 10.5 Å². The molecule has 82 valence electrons. The van der Waals surface area contributed by atoms with Crippen molar-refractivity contribution in [1.82, 2.24) is 14.9 Å². The summed E-state index contributed by atoms with van der Waals surface area (Å²) in [5.41, 5.74) is 10.3. The van der Waals surface area contributed by atoms with Crippen LogP contribution in [0.25, 0.3) is 0 Å². The lowest BCUT2D eigenvalue weighted by molar-refractivity contribution is 0.0997. The quantitative estimate of drug-likeness (QED) is 0.600. The van der Waals surface area contributed by atoms with E-state index in [1.165, 1.54) is 0 Å². The summed E-state index contributed by atoms with van der Waals surface area (Å²) in [7, 11) is 0. The molecule has 0 aromatic carbocycles. The molecule has 0 aliphatic rings. The van der Waals surface area contributed by atoms with Gasteiger partial charge in [-0.05, 0) is 0 Å².